The van der Waals surface area contributed by atoms with Gasteiger partial charge in [0.15, 0.2) is 11.6 Å². The molecule has 0 radical (unpaired) electrons. The van der Waals surface area contributed by atoms with Gasteiger partial charge < -0.3 is 9.73 Å². The van der Waals surface area contributed by atoms with Gasteiger partial charge in [-0.15, -0.1) is 0 Å². The molecule has 0 aliphatic heterocycles. The number of fused-ring (bicyclic) bond motifs is 1. The van der Waals surface area contributed by atoms with Gasteiger partial charge in [0.05, 0.1) is 11.2 Å². The Bertz CT molecular complexity index is 759. The van der Waals surface area contributed by atoms with Crippen molar-refractivity contribution >= 4 is 22.5 Å². The monoisotopic (exact) mass is 267 g/mol. The zero-order valence-corrected chi connectivity index (χ0v) is 11.0. The lowest BCUT2D eigenvalue weighted by Gasteiger charge is -2.06. The molecule has 0 aliphatic carbocycles. The third-order valence-corrected chi connectivity index (χ3v) is 2.98. The number of aromatic nitrogens is 2. The van der Waals surface area contributed by atoms with Gasteiger partial charge in [0.2, 0.25) is 0 Å². The number of nitrogens with zero attached hydrogens (tertiary/aromatic N) is 2. The second-order valence-electron chi connectivity index (χ2n) is 4.31. The van der Waals surface area contributed by atoms with E-state index in [4.69, 9.17) is 4.42 Å². The van der Waals surface area contributed by atoms with Crippen LogP contribution in [0.25, 0.3) is 10.9 Å². The lowest BCUT2D eigenvalue weighted by molar-refractivity contribution is 0.102. The molecule has 1 N–H and O–H groups in total. The Labute approximate surface area is 115 Å². The number of benzene rings is 1. The van der Waals surface area contributed by atoms with Gasteiger partial charge in [-0.1, -0.05) is 13.0 Å². The molecule has 5 heteroatoms. The van der Waals surface area contributed by atoms with Crippen molar-refractivity contribution in [2.24, 2.45) is 0 Å². The van der Waals surface area contributed by atoms with Crippen LogP contribution in [-0.4, -0.2) is 15.9 Å². The first-order valence-electron chi connectivity index (χ1n) is 6.37. The van der Waals surface area contributed by atoms with Gasteiger partial charge >= 0.3 is 0 Å². The zero-order chi connectivity index (χ0) is 13.9. The van der Waals surface area contributed by atoms with E-state index in [-0.39, 0.29) is 11.6 Å². The average Bonchev–Trinajstić information content (AvgIpc) is 2.97. The first-order valence-corrected chi connectivity index (χ1v) is 6.37. The number of rotatable bonds is 3. The van der Waals surface area contributed by atoms with E-state index in [1.54, 1.807) is 6.20 Å². The van der Waals surface area contributed by atoms with Crippen molar-refractivity contribution in [3.63, 3.8) is 0 Å². The lowest BCUT2D eigenvalue weighted by atomic mass is 10.2. The van der Waals surface area contributed by atoms with Crippen LogP contribution in [0.3, 0.4) is 0 Å². The normalized spacial score (nSPS) is 10.7. The van der Waals surface area contributed by atoms with Gasteiger partial charge in [-0.05, 0) is 24.3 Å². The summed E-state index contributed by atoms with van der Waals surface area (Å²) in [6.07, 6.45) is 3.75. The van der Waals surface area contributed by atoms with E-state index >= 15 is 0 Å². The fraction of sp³-hybridized carbons (Fsp3) is 0.133. The summed E-state index contributed by atoms with van der Waals surface area (Å²) in [6, 6.07) is 9.34. The smallest absolute Gasteiger partial charge is 0.277 e. The molecule has 0 saturated carbocycles. The Balaban J connectivity index is 1.91. The molecule has 0 spiro atoms. The molecule has 1 aromatic carbocycles. The van der Waals surface area contributed by atoms with E-state index in [0.717, 1.165) is 10.9 Å². The number of hydrogen-bond acceptors (Lipinski definition) is 4. The number of hydrogen-bond donors (Lipinski definition) is 1. The van der Waals surface area contributed by atoms with Crippen molar-refractivity contribution in [1.29, 1.82) is 0 Å². The van der Waals surface area contributed by atoms with Crippen LogP contribution in [-0.2, 0) is 6.42 Å². The van der Waals surface area contributed by atoms with Crippen molar-refractivity contribution < 1.29 is 9.21 Å². The highest BCUT2D eigenvalue weighted by Gasteiger charge is 2.13. The van der Waals surface area contributed by atoms with Crippen molar-refractivity contribution in [1.82, 2.24) is 9.97 Å². The second kappa shape index (κ2) is 5.13. The maximum atomic E-state index is 12.1. The topological polar surface area (TPSA) is 68.0 Å². The number of carbonyl (C=O) groups excluding carboxylic acids is 1. The lowest BCUT2D eigenvalue weighted by Crippen LogP contribution is -2.12. The molecular weight excluding hydrogens is 254 g/mol. The van der Waals surface area contributed by atoms with Crippen LogP contribution in [0.2, 0.25) is 0 Å². The molecule has 0 unspecified atom stereocenters. The molecule has 5 nitrogen and oxygen atoms in total. The first-order chi connectivity index (χ1) is 9.78. The van der Waals surface area contributed by atoms with Crippen LogP contribution in [0.15, 0.2) is 47.2 Å². The third-order valence-electron chi connectivity index (χ3n) is 2.98. The number of aryl methyl sites for hydroxylation is 1. The van der Waals surface area contributed by atoms with Crippen LogP contribution in [0, 0.1) is 0 Å². The summed E-state index contributed by atoms with van der Waals surface area (Å²) in [6.45, 7) is 1.92. The Morgan fingerprint density at radius 3 is 3.00 bits per heavy atom. The largest absolute Gasteiger partial charge is 0.448 e. The first kappa shape index (κ1) is 12.3. The van der Waals surface area contributed by atoms with Gasteiger partial charge in [-0.25, -0.2) is 4.98 Å². The summed E-state index contributed by atoms with van der Waals surface area (Å²) in [5.41, 5.74) is 1.82. The summed E-state index contributed by atoms with van der Waals surface area (Å²) >= 11 is 0. The zero-order valence-electron chi connectivity index (χ0n) is 11.0. The van der Waals surface area contributed by atoms with Crippen LogP contribution in [0.5, 0.6) is 0 Å². The quantitative estimate of drug-likeness (QED) is 0.792. The van der Waals surface area contributed by atoms with Crippen LogP contribution >= 0.6 is 0 Å². The highest BCUT2D eigenvalue weighted by atomic mass is 16.3. The number of oxazole rings is 1. The Morgan fingerprint density at radius 1 is 1.30 bits per heavy atom. The summed E-state index contributed by atoms with van der Waals surface area (Å²) in [7, 11) is 0. The minimum absolute atomic E-state index is 0.280. The molecule has 1 amide bonds. The second-order valence-corrected chi connectivity index (χ2v) is 4.31. The van der Waals surface area contributed by atoms with Crippen LogP contribution in [0.1, 0.15) is 23.3 Å². The number of pyridine rings is 1. The van der Waals surface area contributed by atoms with Crippen LogP contribution < -0.4 is 5.32 Å². The Morgan fingerprint density at radius 2 is 2.20 bits per heavy atom. The molecule has 0 saturated heterocycles. The maximum Gasteiger partial charge on any atom is 0.277 e. The molecule has 3 aromatic rings. The van der Waals surface area contributed by atoms with Gasteiger partial charge in [-0.3, -0.25) is 9.78 Å². The van der Waals surface area contributed by atoms with Crippen molar-refractivity contribution in [3.05, 3.63) is 54.4 Å². The van der Waals surface area contributed by atoms with Gasteiger partial charge in [0.1, 0.15) is 6.26 Å². The minimum atomic E-state index is -0.287. The van der Waals surface area contributed by atoms with Crippen molar-refractivity contribution in [3.8, 4) is 0 Å². The van der Waals surface area contributed by atoms with Gasteiger partial charge in [0, 0.05) is 18.0 Å². The molecular formula is C15H13N3O2. The highest BCUT2D eigenvalue weighted by Crippen LogP contribution is 2.21. The maximum absolute atomic E-state index is 12.1. The van der Waals surface area contributed by atoms with E-state index in [9.17, 15) is 4.79 Å². The summed E-state index contributed by atoms with van der Waals surface area (Å²) in [5, 5.41) is 3.73. The fourth-order valence-corrected chi connectivity index (χ4v) is 1.98. The van der Waals surface area contributed by atoms with E-state index in [2.05, 4.69) is 15.3 Å². The molecule has 100 valence electrons. The van der Waals surface area contributed by atoms with Crippen molar-refractivity contribution in [2.45, 2.75) is 13.3 Å². The molecule has 2 aromatic heterocycles. The SMILES string of the molecule is CCc1nc(C(=O)Nc2cccc3ncccc23)co1. The fourth-order valence-electron chi connectivity index (χ4n) is 1.98. The molecule has 2 heterocycles. The van der Waals surface area contributed by atoms with E-state index in [0.29, 0.717) is 18.0 Å². The Hall–Kier alpha value is -2.69. The van der Waals surface area contributed by atoms with E-state index in [1.807, 2.05) is 37.3 Å². The number of anilines is 1. The third kappa shape index (κ3) is 2.25. The standard InChI is InChI=1S/C15H13N3O2/c1-2-14-17-13(9-20-14)15(19)18-12-7-3-6-11-10(12)5-4-8-16-11/h3-9H,2H2,1H3,(H,18,19). The predicted molar refractivity (Wildman–Crippen MR) is 75.6 cm³/mol. The minimum Gasteiger partial charge on any atom is -0.448 e. The van der Waals surface area contributed by atoms with Crippen LogP contribution in [0.4, 0.5) is 5.69 Å². The average molecular weight is 267 g/mol. The molecule has 20 heavy (non-hydrogen) atoms. The van der Waals surface area contributed by atoms with Gasteiger partial charge in [-0.2, -0.15) is 0 Å². The molecule has 0 aliphatic rings. The number of amides is 1. The molecule has 0 bridgehead atoms. The molecule has 3 rings (SSSR count). The van der Waals surface area contributed by atoms with Gasteiger partial charge in [0.25, 0.3) is 5.91 Å². The number of carbonyl (C=O) groups is 1. The molecule has 0 atom stereocenters. The predicted octanol–water partition coefficient (Wildman–Crippen LogP) is 3.04. The number of nitrogens with one attached hydrogen (secondary N) is 1. The summed E-state index contributed by atoms with van der Waals surface area (Å²) in [4.78, 5) is 20.5. The highest BCUT2D eigenvalue weighted by molar-refractivity contribution is 6.07. The molecule has 0 fully saturated rings. The van der Waals surface area contributed by atoms with E-state index < -0.39 is 0 Å². The van der Waals surface area contributed by atoms with Crippen molar-refractivity contribution in [2.75, 3.05) is 5.32 Å². The summed E-state index contributed by atoms with van der Waals surface area (Å²) < 4.78 is 5.18. The Kier molecular flexibility index (Phi) is 3.16. The van der Waals surface area contributed by atoms with E-state index in [1.165, 1.54) is 6.26 Å². The summed E-state index contributed by atoms with van der Waals surface area (Å²) in [5.74, 6) is 0.263.